The number of hydrogen-bond acceptors (Lipinski definition) is 4. The van der Waals surface area contributed by atoms with Crippen molar-refractivity contribution in [3.63, 3.8) is 0 Å². The lowest BCUT2D eigenvalue weighted by Gasteiger charge is -2.37. The Labute approximate surface area is 174 Å². The number of amides is 1. The Hall–Kier alpha value is -1.66. The summed E-state index contributed by atoms with van der Waals surface area (Å²) in [5.41, 5.74) is 0.964. The van der Waals surface area contributed by atoms with Gasteiger partial charge in [0.25, 0.3) is 5.91 Å². The van der Waals surface area contributed by atoms with Gasteiger partial charge < -0.3 is 19.7 Å². The first-order chi connectivity index (χ1) is 12.6. The van der Waals surface area contributed by atoms with Crippen LogP contribution in [0.4, 0.5) is 0 Å². The predicted octanol–water partition coefficient (Wildman–Crippen LogP) is 3.98. The number of carbonyl (C=O) groups is 1. The van der Waals surface area contributed by atoms with E-state index in [1.54, 1.807) is 30.2 Å². The number of halogens is 3. The van der Waals surface area contributed by atoms with Crippen LogP contribution in [-0.4, -0.2) is 44.2 Å². The summed E-state index contributed by atoms with van der Waals surface area (Å²) in [6.07, 6.45) is 0. The molecule has 1 aliphatic rings. The number of ether oxygens (including phenoxy) is 2. The van der Waals surface area contributed by atoms with Gasteiger partial charge in [-0.2, -0.15) is 0 Å². The molecule has 0 saturated carbocycles. The Bertz CT molecular complexity index is 768. The minimum Gasteiger partial charge on any atom is -0.496 e. The van der Waals surface area contributed by atoms with Crippen LogP contribution in [0.3, 0.4) is 0 Å². The third-order valence-corrected chi connectivity index (χ3v) is 4.92. The molecule has 146 valence electrons. The standard InChI is InChI=1S/C19H20Cl2N2O3.ClH/c1-25-17-8-3-2-5-13(17)16-11-22-9-10-23(16)18(24)12-26-19-14(20)6-4-7-15(19)21;/h2-8,16,22H,9-12H2,1H3;1H. The molecule has 0 aromatic heterocycles. The second kappa shape index (κ2) is 10.0. The molecule has 3 rings (SSSR count). The monoisotopic (exact) mass is 430 g/mol. The smallest absolute Gasteiger partial charge is 0.261 e. The molecule has 8 heteroatoms. The van der Waals surface area contributed by atoms with Gasteiger partial charge in [0.15, 0.2) is 12.4 Å². The SMILES string of the molecule is COc1ccccc1C1CNCCN1C(=O)COc1c(Cl)cccc1Cl.Cl. The van der Waals surface area contributed by atoms with E-state index in [0.29, 0.717) is 28.9 Å². The van der Waals surface area contributed by atoms with Gasteiger partial charge in [0, 0.05) is 25.2 Å². The molecule has 1 atom stereocenters. The van der Waals surface area contributed by atoms with Gasteiger partial charge in [0.05, 0.1) is 23.2 Å². The minimum atomic E-state index is -0.130. The van der Waals surface area contributed by atoms with Crippen molar-refractivity contribution in [1.29, 1.82) is 0 Å². The zero-order valence-corrected chi connectivity index (χ0v) is 17.1. The van der Waals surface area contributed by atoms with Crippen LogP contribution in [0.25, 0.3) is 0 Å². The van der Waals surface area contributed by atoms with Crippen molar-refractivity contribution in [3.8, 4) is 11.5 Å². The molecule has 27 heavy (non-hydrogen) atoms. The summed E-state index contributed by atoms with van der Waals surface area (Å²) in [4.78, 5) is 14.6. The maximum Gasteiger partial charge on any atom is 0.261 e. The van der Waals surface area contributed by atoms with Crippen LogP contribution in [0.5, 0.6) is 11.5 Å². The Balaban J connectivity index is 0.00000261. The Morgan fingerprint density at radius 3 is 2.59 bits per heavy atom. The molecule has 1 fully saturated rings. The average Bonchev–Trinajstić information content (AvgIpc) is 2.67. The van der Waals surface area contributed by atoms with Gasteiger partial charge in [-0.15, -0.1) is 12.4 Å². The van der Waals surface area contributed by atoms with Gasteiger partial charge in [-0.25, -0.2) is 0 Å². The minimum absolute atomic E-state index is 0. The normalized spacial score (nSPS) is 16.4. The average molecular weight is 432 g/mol. The van der Waals surface area contributed by atoms with E-state index in [1.165, 1.54) is 0 Å². The lowest BCUT2D eigenvalue weighted by atomic mass is 10.0. The first-order valence-corrected chi connectivity index (χ1v) is 9.07. The summed E-state index contributed by atoms with van der Waals surface area (Å²) in [6.45, 7) is 1.83. The third kappa shape index (κ3) is 4.99. The van der Waals surface area contributed by atoms with Crippen molar-refractivity contribution >= 4 is 41.5 Å². The Kier molecular flexibility index (Phi) is 8.05. The van der Waals surface area contributed by atoms with E-state index in [-0.39, 0.29) is 31.0 Å². The largest absolute Gasteiger partial charge is 0.496 e. The lowest BCUT2D eigenvalue weighted by molar-refractivity contribution is -0.136. The molecular weight excluding hydrogens is 411 g/mol. The molecule has 0 aliphatic carbocycles. The molecule has 1 aliphatic heterocycles. The number of nitrogens with one attached hydrogen (secondary N) is 1. The van der Waals surface area contributed by atoms with Gasteiger partial charge in [-0.05, 0) is 18.2 Å². The fourth-order valence-corrected chi connectivity index (χ4v) is 3.57. The zero-order valence-electron chi connectivity index (χ0n) is 14.8. The third-order valence-electron chi connectivity index (χ3n) is 4.32. The fraction of sp³-hybridized carbons (Fsp3) is 0.316. The summed E-state index contributed by atoms with van der Waals surface area (Å²) < 4.78 is 11.1. The lowest BCUT2D eigenvalue weighted by Crippen LogP contribution is -2.50. The highest BCUT2D eigenvalue weighted by atomic mass is 35.5. The van der Waals surface area contributed by atoms with Crippen LogP contribution < -0.4 is 14.8 Å². The first kappa shape index (κ1) is 21.6. The second-order valence-corrected chi connectivity index (χ2v) is 6.70. The van der Waals surface area contributed by atoms with Crippen LogP contribution in [0, 0.1) is 0 Å². The molecule has 0 radical (unpaired) electrons. The molecule has 2 aromatic rings. The highest BCUT2D eigenvalue weighted by Crippen LogP contribution is 2.33. The number of benzene rings is 2. The van der Waals surface area contributed by atoms with E-state index < -0.39 is 0 Å². The molecule has 0 spiro atoms. The number of hydrogen-bond donors (Lipinski definition) is 1. The number of nitrogens with zero attached hydrogens (tertiary/aromatic N) is 1. The van der Waals surface area contributed by atoms with Crippen LogP contribution in [-0.2, 0) is 4.79 Å². The molecule has 1 unspecified atom stereocenters. The van der Waals surface area contributed by atoms with Crippen molar-refractivity contribution < 1.29 is 14.3 Å². The molecule has 1 amide bonds. The van der Waals surface area contributed by atoms with Gasteiger partial charge in [-0.1, -0.05) is 47.5 Å². The van der Waals surface area contributed by atoms with Crippen LogP contribution in [0.2, 0.25) is 10.0 Å². The van der Waals surface area contributed by atoms with Gasteiger partial charge in [0.1, 0.15) is 5.75 Å². The Morgan fingerprint density at radius 2 is 1.89 bits per heavy atom. The Morgan fingerprint density at radius 1 is 1.19 bits per heavy atom. The maximum absolute atomic E-state index is 12.8. The van der Waals surface area contributed by atoms with E-state index in [9.17, 15) is 4.79 Å². The summed E-state index contributed by atoms with van der Waals surface area (Å²) in [7, 11) is 1.63. The molecule has 2 aromatic carbocycles. The number of para-hydroxylation sites is 2. The summed E-state index contributed by atoms with van der Waals surface area (Å²) in [6, 6.07) is 12.7. The molecule has 1 N–H and O–H groups in total. The van der Waals surface area contributed by atoms with Crippen molar-refractivity contribution in [2.45, 2.75) is 6.04 Å². The van der Waals surface area contributed by atoms with Gasteiger partial charge in [0.2, 0.25) is 0 Å². The highest BCUT2D eigenvalue weighted by molar-refractivity contribution is 6.37. The van der Waals surface area contributed by atoms with Crippen LogP contribution >= 0.6 is 35.6 Å². The van der Waals surface area contributed by atoms with Crippen LogP contribution in [0.1, 0.15) is 11.6 Å². The maximum atomic E-state index is 12.8. The topological polar surface area (TPSA) is 50.8 Å². The number of piperazine rings is 1. The molecule has 1 heterocycles. The fourth-order valence-electron chi connectivity index (χ4n) is 3.06. The zero-order chi connectivity index (χ0) is 18.5. The van der Waals surface area contributed by atoms with Crippen LogP contribution in [0.15, 0.2) is 42.5 Å². The number of rotatable bonds is 5. The molecule has 5 nitrogen and oxygen atoms in total. The van der Waals surface area contributed by atoms with Gasteiger partial charge >= 0.3 is 0 Å². The summed E-state index contributed by atoms with van der Waals surface area (Å²) in [5.74, 6) is 0.959. The van der Waals surface area contributed by atoms with Gasteiger partial charge in [-0.3, -0.25) is 4.79 Å². The highest BCUT2D eigenvalue weighted by Gasteiger charge is 2.30. The van der Waals surface area contributed by atoms with E-state index in [0.717, 1.165) is 17.9 Å². The molecule has 1 saturated heterocycles. The van der Waals surface area contributed by atoms with E-state index in [2.05, 4.69) is 5.32 Å². The second-order valence-electron chi connectivity index (χ2n) is 5.89. The summed E-state index contributed by atoms with van der Waals surface area (Å²) >= 11 is 12.2. The van der Waals surface area contributed by atoms with Crippen molar-refractivity contribution in [3.05, 3.63) is 58.1 Å². The van der Waals surface area contributed by atoms with Crippen molar-refractivity contribution in [1.82, 2.24) is 10.2 Å². The van der Waals surface area contributed by atoms with Crippen molar-refractivity contribution in [2.75, 3.05) is 33.4 Å². The first-order valence-electron chi connectivity index (χ1n) is 8.31. The van der Waals surface area contributed by atoms with E-state index in [1.807, 2.05) is 24.3 Å². The predicted molar refractivity (Wildman–Crippen MR) is 110 cm³/mol. The van der Waals surface area contributed by atoms with E-state index >= 15 is 0 Å². The van der Waals surface area contributed by atoms with Crippen molar-refractivity contribution in [2.24, 2.45) is 0 Å². The number of methoxy groups -OCH3 is 1. The quantitative estimate of drug-likeness (QED) is 0.778. The summed E-state index contributed by atoms with van der Waals surface area (Å²) in [5, 5.41) is 4.09. The van der Waals surface area contributed by atoms with E-state index in [4.69, 9.17) is 32.7 Å². The molecular formula is C19H21Cl3N2O3. The number of carbonyl (C=O) groups excluding carboxylic acids is 1. The molecule has 0 bridgehead atoms.